The summed E-state index contributed by atoms with van der Waals surface area (Å²) < 4.78 is 0. The van der Waals surface area contributed by atoms with Crippen LogP contribution in [0.2, 0.25) is 0 Å². The van der Waals surface area contributed by atoms with Crippen molar-refractivity contribution < 1.29 is 4.92 Å². The fourth-order valence-corrected chi connectivity index (χ4v) is 3.29. The van der Waals surface area contributed by atoms with Gasteiger partial charge < -0.3 is 9.80 Å². The van der Waals surface area contributed by atoms with Crippen LogP contribution in [0.3, 0.4) is 0 Å². The molecule has 1 aromatic heterocycles. The van der Waals surface area contributed by atoms with Gasteiger partial charge in [0.25, 0.3) is 5.69 Å². The summed E-state index contributed by atoms with van der Waals surface area (Å²) in [6.07, 6.45) is 0. The van der Waals surface area contributed by atoms with E-state index in [1.54, 1.807) is 17.4 Å². The highest BCUT2D eigenvalue weighted by molar-refractivity contribution is 7.15. The van der Waals surface area contributed by atoms with Crippen molar-refractivity contribution >= 4 is 27.8 Å². The van der Waals surface area contributed by atoms with Gasteiger partial charge in [-0.05, 0) is 13.0 Å². The van der Waals surface area contributed by atoms with Gasteiger partial charge in [-0.3, -0.25) is 10.1 Å². The first-order valence-electron chi connectivity index (χ1n) is 7.07. The molecule has 1 aliphatic heterocycles. The Kier molecular flexibility index (Phi) is 4.08. The molecule has 0 saturated carbocycles. The largest absolute Gasteiger partial charge is 0.367 e. The van der Waals surface area contributed by atoms with Gasteiger partial charge in [0.15, 0.2) is 0 Å². The second-order valence-electron chi connectivity index (χ2n) is 5.15. The van der Waals surface area contributed by atoms with Crippen LogP contribution in [-0.2, 0) is 0 Å². The standard InChI is InChI=1S/C14H14N6O2S/c1-10-16-17-14(23-10)19-6-4-18(5-7-19)13-3-2-12(20(21)22)8-11(13)9-15/h2-3,8H,4-7H2,1H3. The van der Waals surface area contributed by atoms with Crippen molar-refractivity contribution in [1.82, 2.24) is 10.2 Å². The minimum absolute atomic E-state index is 0.0618. The molecule has 0 atom stereocenters. The summed E-state index contributed by atoms with van der Waals surface area (Å²) >= 11 is 1.56. The molecule has 2 aromatic rings. The Balaban J connectivity index is 1.75. The van der Waals surface area contributed by atoms with E-state index in [4.69, 9.17) is 0 Å². The van der Waals surface area contributed by atoms with Gasteiger partial charge in [-0.25, -0.2) is 0 Å². The molecule has 3 rings (SSSR count). The third-order valence-corrected chi connectivity index (χ3v) is 4.62. The number of hydrogen-bond donors (Lipinski definition) is 0. The normalized spacial score (nSPS) is 14.6. The number of nitro benzene ring substituents is 1. The second kappa shape index (κ2) is 6.18. The van der Waals surface area contributed by atoms with E-state index in [1.165, 1.54) is 12.1 Å². The van der Waals surface area contributed by atoms with Gasteiger partial charge in [0, 0.05) is 38.3 Å². The number of rotatable bonds is 3. The van der Waals surface area contributed by atoms with Gasteiger partial charge in [0.2, 0.25) is 5.13 Å². The van der Waals surface area contributed by atoms with Crippen molar-refractivity contribution in [2.45, 2.75) is 6.92 Å². The number of aromatic nitrogens is 2. The lowest BCUT2D eigenvalue weighted by Gasteiger charge is -2.36. The Bertz CT molecular complexity index is 776. The molecule has 0 unspecified atom stereocenters. The molecule has 118 valence electrons. The van der Waals surface area contributed by atoms with E-state index in [0.717, 1.165) is 42.0 Å². The molecule has 0 amide bonds. The van der Waals surface area contributed by atoms with E-state index in [2.05, 4.69) is 26.1 Å². The molecule has 0 aliphatic carbocycles. The zero-order chi connectivity index (χ0) is 16.4. The smallest absolute Gasteiger partial charge is 0.270 e. The van der Waals surface area contributed by atoms with Crippen molar-refractivity contribution in [3.63, 3.8) is 0 Å². The maximum absolute atomic E-state index is 10.8. The quantitative estimate of drug-likeness (QED) is 0.626. The van der Waals surface area contributed by atoms with E-state index in [9.17, 15) is 15.4 Å². The molecular weight excluding hydrogens is 316 g/mol. The lowest BCUT2D eigenvalue weighted by atomic mass is 10.1. The third-order valence-electron chi connectivity index (χ3n) is 3.72. The average Bonchev–Trinajstić information content (AvgIpc) is 3.01. The molecule has 2 heterocycles. The van der Waals surface area contributed by atoms with Gasteiger partial charge >= 0.3 is 0 Å². The molecule has 1 aliphatic rings. The Morgan fingerprint density at radius 3 is 2.52 bits per heavy atom. The van der Waals surface area contributed by atoms with Crippen LogP contribution in [0.25, 0.3) is 0 Å². The van der Waals surface area contributed by atoms with Crippen molar-refractivity contribution in [2.75, 3.05) is 36.0 Å². The van der Waals surface area contributed by atoms with Crippen molar-refractivity contribution in [2.24, 2.45) is 0 Å². The fourth-order valence-electron chi connectivity index (χ4n) is 2.56. The van der Waals surface area contributed by atoms with E-state index >= 15 is 0 Å². The topological polar surface area (TPSA) is 99.2 Å². The molecule has 1 aromatic carbocycles. The van der Waals surface area contributed by atoms with Gasteiger partial charge in [0.1, 0.15) is 11.1 Å². The van der Waals surface area contributed by atoms with Crippen LogP contribution in [0.15, 0.2) is 18.2 Å². The van der Waals surface area contributed by atoms with Crippen LogP contribution in [-0.4, -0.2) is 41.3 Å². The molecule has 0 radical (unpaired) electrons. The predicted molar refractivity (Wildman–Crippen MR) is 86.9 cm³/mol. The van der Waals surface area contributed by atoms with Gasteiger partial charge in [-0.15, -0.1) is 10.2 Å². The Morgan fingerprint density at radius 2 is 1.96 bits per heavy atom. The lowest BCUT2D eigenvalue weighted by Crippen LogP contribution is -2.46. The minimum Gasteiger partial charge on any atom is -0.367 e. The maximum Gasteiger partial charge on any atom is 0.270 e. The SMILES string of the molecule is Cc1nnc(N2CCN(c3ccc([N+](=O)[O-])cc3C#N)CC2)s1. The Labute approximate surface area is 136 Å². The molecule has 23 heavy (non-hydrogen) atoms. The van der Waals surface area contributed by atoms with E-state index in [1.807, 2.05) is 6.92 Å². The summed E-state index contributed by atoms with van der Waals surface area (Å²) in [6, 6.07) is 6.48. The third kappa shape index (κ3) is 3.07. The number of non-ortho nitro benzene ring substituents is 1. The molecule has 0 N–H and O–H groups in total. The summed E-state index contributed by atoms with van der Waals surface area (Å²) in [7, 11) is 0. The summed E-state index contributed by atoms with van der Waals surface area (Å²) in [6.45, 7) is 4.93. The van der Waals surface area contributed by atoms with Crippen LogP contribution < -0.4 is 9.80 Å². The van der Waals surface area contributed by atoms with Crippen LogP contribution in [0.4, 0.5) is 16.5 Å². The number of nitro groups is 1. The highest BCUT2D eigenvalue weighted by Crippen LogP contribution is 2.27. The molecule has 9 heteroatoms. The van der Waals surface area contributed by atoms with Gasteiger partial charge in [-0.1, -0.05) is 11.3 Å². The second-order valence-corrected chi connectivity index (χ2v) is 6.31. The number of hydrogen-bond acceptors (Lipinski definition) is 8. The molecule has 1 saturated heterocycles. The van der Waals surface area contributed by atoms with E-state index in [0.29, 0.717) is 5.56 Å². The van der Waals surface area contributed by atoms with Crippen LogP contribution >= 0.6 is 11.3 Å². The van der Waals surface area contributed by atoms with Gasteiger partial charge in [0.05, 0.1) is 16.2 Å². The summed E-state index contributed by atoms with van der Waals surface area (Å²) in [5.74, 6) is 0. The van der Waals surface area contributed by atoms with E-state index < -0.39 is 4.92 Å². The lowest BCUT2D eigenvalue weighted by molar-refractivity contribution is -0.384. The van der Waals surface area contributed by atoms with Crippen LogP contribution in [0.5, 0.6) is 0 Å². The number of benzene rings is 1. The molecule has 0 bridgehead atoms. The maximum atomic E-state index is 10.8. The first kappa shape index (κ1) is 15.2. The number of anilines is 2. The molecule has 1 fully saturated rings. The zero-order valence-electron chi connectivity index (χ0n) is 12.5. The first-order chi connectivity index (χ1) is 11.1. The van der Waals surface area contributed by atoms with Crippen LogP contribution in [0.1, 0.15) is 10.6 Å². The highest BCUT2D eigenvalue weighted by Gasteiger charge is 2.22. The monoisotopic (exact) mass is 330 g/mol. The number of nitrogens with zero attached hydrogens (tertiary/aromatic N) is 6. The Morgan fingerprint density at radius 1 is 1.26 bits per heavy atom. The number of nitriles is 1. The summed E-state index contributed by atoms with van der Waals surface area (Å²) in [5, 5.41) is 30.1. The van der Waals surface area contributed by atoms with Crippen LogP contribution in [0, 0.1) is 28.4 Å². The summed E-state index contributed by atoms with van der Waals surface area (Å²) in [5.41, 5.74) is 1.01. The zero-order valence-corrected chi connectivity index (χ0v) is 13.3. The predicted octanol–water partition coefficient (Wildman–Crippen LogP) is 1.95. The average molecular weight is 330 g/mol. The first-order valence-corrected chi connectivity index (χ1v) is 7.88. The highest BCUT2D eigenvalue weighted by atomic mass is 32.1. The fraction of sp³-hybridized carbons (Fsp3) is 0.357. The van der Waals surface area contributed by atoms with Crippen molar-refractivity contribution in [1.29, 1.82) is 5.26 Å². The minimum atomic E-state index is -0.486. The summed E-state index contributed by atoms with van der Waals surface area (Å²) in [4.78, 5) is 14.6. The number of aryl methyl sites for hydroxylation is 1. The van der Waals surface area contributed by atoms with Crippen molar-refractivity contribution in [3.05, 3.63) is 38.9 Å². The molecule has 8 nitrogen and oxygen atoms in total. The Hall–Kier alpha value is -2.73. The number of piperazine rings is 1. The van der Waals surface area contributed by atoms with E-state index in [-0.39, 0.29) is 5.69 Å². The van der Waals surface area contributed by atoms with Crippen molar-refractivity contribution in [3.8, 4) is 6.07 Å². The van der Waals surface area contributed by atoms with Gasteiger partial charge in [-0.2, -0.15) is 5.26 Å². The molecule has 0 spiro atoms. The molecular formula is C14H14N6O2S.